The maximum Gasteiger partial charge on any atom is 0.222 e. The summed E-state index contributed by atoms with van der Waals surface area (Å²) in [6.45, 7) is 3.90. The molecule has 5 heteroatoms. The van der Waals surface area contributed by atoms with Gasteiger partial charge in [0.25, 0.3) is 0 Å². The molecule has 0 unspecified atom stereocenters. The molecule has 0 aliphatic heterocycles. The SMILES string of the molecule is CCN(CCC(N)=S)C(=O)CCCOC. The monoisotopic (exact) mass is 232 g/mol. The van der Waals surface area contributed by atoms with Gasteiger partial charge >= 0.3 is 0 Å². The fourth-order valence-electron chi connectivity index (χ4n) is 1.23. The summed E-state index contributed by atoms with van der Waals surface area (Å²) in [5, 5.41) is 0. The first-order valence-electron chi connectivity index (χ1n) is 5.16. The summed E-state index contributed by atoms with van der Waals surface area (Å²) >= 11 is 4.77. The molecule has 0 aromatic rings. The summed E-state index contributed by atoms with van der Waals surface area (Å²) in [5.74, 6) is 0.144. The van der Waals surface area contributed by atoms with Crippen molar-refractivity contribution in [1.29, 1.82) is 0 Å². The first-order chi connectivity index (χ1) is 7.11. The molecule has 2 N–H and O–H groups in total. The Morgan fingerprint density at radius 1 is 1.47 bits per heavy atom. The number of amides is 1. The van der Waals surface area contributed by atoms with Crippen LogP contribution in [0.3, 0.4) is 0 Å². The van der Waals surface area contributed by atoms with Gasteiger partial charge in [-0.2, -0.15) is 0 Å². The smallest absolute Gasteiger partial charge is 0.222 e. The number of hydrogen-bond donors (Lipinski definition) is 1. The highest BCUT2D eigenvalue weighted by atomic mass is 32.1. The van der Waals surface area contributed by atoms with Crippen LogP contribution < -0.4 is 5.73 Å². The summed E-state index contributed by atoms with van der Waals surface area (Å²) in [6.07, 6.45) is 1.89. The number of methoxy groups -OCH3 is 1. The number of nitrogens with zero attached hydrogens (tertiary/aromatic N) is 1. The lowest BCUT2D eigenvalue weighted by molar-refractivity contribution is -0.131. The first kappa shape index (κ1) is 14.3. The summed E-state index contributed by atoms with van der Waals surface area (Å²) in [7, 11) is 1.63. The summed E-state index contributed by atoms with van der Waals surface area (Å²) in [4.78, 5) is 13.9. The summed E-state index contributed by atoms with van der Waals surface area (Å²) < 4.78 is 4.89. The first-order valence-corrected chi connectivity index (χ1v) is 5.57. The standard InChI is InChI=1S/C10H20N2O2S/c1-3-12(7-6-9(11)15)10(13)5-4-8-14-2/h3-8H2,1-2H3,(H2,11,15). The number of hydrogen-bond acceptors (Lipinski definition) is 3. The summed E-state index contributed by atoms with van der Waals surface area (Å²) in [5.41, 5.74) is 5.39. The Bertz CT molecular complexity index is 210. The zero-order valence-corrected chi connectivity index (χ0v) is 10.3. The molecular formula is C10H20N2O2S. The Balaban J connectivity index is 3.82. The van der Waals surface area contributed by atoms with Gasteiger partial charge in [-0.05, 0) is 13.3 Å². The van der Waals surface area contributed by atoms with E-state index in [2.05, 4.69) is 0 Å². The van der Waals surface area contributed by atoms with Crippen molar-refractivity contribution in [2.45, 2.75) is 26.2 Å². The summed E-state index contributed by atoms with van der Waals surface area (Å²) in [6, 6.07) is 0. The van der Waals surface area contributed by atoms with Crippen LogP contribution in [-0.4, -0.2) is 42.6 Å². The molecule has 0 aliphatic rings. The molecule has 0 saturated heterocycles. The van der Waals surface area contributed by atoms with E-state index in [1.165, 1.54) is 0 Å². The van der Waals surface area contributed by atoms with Gasteiger partial charge in [-0.3, -0.25) is 4.79 Å². The van der Waals surface area contributed by atoms with E-state index < -0.39 is 0 Å². The highest BCUT2D eigenvalue weighted by Crippen LogP contribution is 1.99. The highest BCUT2D eigenvalue weighted by Gasteiger charge is 2.10. The molecular weight excluding hydrogens is 212 g/mol. The van der Waals surface area contributed by atoms with E-state index in [0.29, 0.717) is 37.5 Å². The topological polar surface area (TPSA) is 55.6 Å². The van der Waals surface area contributed by atoms with Crippen LogP contribution in [0.25, 0.3) is 0 Å². The van der Waals surface area contributed by atoms with Gasteiger partial charge < -0.3 is 15.4 Å². The average Bonchev–Trinajstić information content (AvgIpc) is 2.18. The number of carbonyl (C=O) groups excluding carboxylic acids is 1. The zero-order valence-electron chi connectivity index (χ0n) is 9.49. The Labute approximate surface area is 96.8 Å². The molecule has 88 valence electrons. The second kappa shape index (κ2) is 8.61. The minimum atomic E-state index is 0.144. The maximum atomic E-state index is 11.6. The lowest BCUT2D eigenvalue weighted by Gasteiger charge is -2.20. The van der Waals surface area contributed by atoms with Gasteiger partial charge in [0.2, 0.25) is 5.91 Å². The predicted molar refractivity (Wildman–Crippen MR) is 64.8 cm³/mol. The van der Waals surface area contributed by atoms with Gasteiger partial charge in [0.15, 0.2) is 0 Å². The van der Waals surface area contributed by atoms with Gasteiger partial charge in [0.1, 0.15) is 0 Å². The fourth-order valence-corrected chi connectivity index (χ4v) is 1.32. The van der Waals surface area contributed by atoms with Crippen molar-refractivity contribution in [3.8, 4) is 0 Å². The van der Waals surface area contributed by atoms with Crippen LogP contribution in [0.5, 0.6) is 0 Å². The van der Waals surface area contributed by atoms with E-state index >= 15 is 0 Å². The van der Waals surface area contributed by atoms with E-state index in [0.717, 1.165) is 6.42 Å². The second-order valence-corrected chi connectivity index (χ2v) is 3.81. The third-order valence-corrected chi connectivity index (χ3v) is 2.31. The Morgan fingerprint density at radius 2 is 2.13 bits per heavy atom. The third-order valence-electron chi connectivity index (χ3n) is 2.10. The molecule has 0 aromatic heterocycles. The van der Waals surface area contributed by atoms with Crippen molar-refractivity contribution in [2.75, 3.05) is 26.8 Å². The van der Waals surface area contributed by atoms with Gasteiger partial charge in [-0.15, -0.1) is 0 Å². The van der Waals surface area contributed by atoms with Crippen molar-refractivity contribution in [1.82, 2.24) is 4.90 Å². The van der Waals surface area contributed by atoms with Crippen LogP contribution in [0.4, 0.5) is 0 Å². The van der Waals surface area contributed by atoms with E-state index in [4.69, 9.17) is 22.7 Å². The molecule has 0 fully saturated rings. The molecule has 0 aromatic carbocycles. The van der Waals surface area contributed by atoms with Gasteiger partial charge in [0.05, 0.1) is 4.99 Å². The quantitative estimate of drug-likeness (QED) is 0.500. The Kier molecular flexibility index (Phi) is 8.22. The molecule has 15 heavy (non-hydrogen) atoms. The number of nitrogens with two attached hydrogens (primary N) is 1. The van der Waals surface area contributed by atoms with E-state index in [9.17, 15) is 4.79 Å². The van der Waals surface area contributed by atoms with Crippen LogP contribution in [-0.2, 0) is 9.53 Å². The Morgan fingerprint density at radius 3 is 2.60 bits per heavy atom. The van der Waals surface area contributed by atoms with Crippen LogP contribution in [0.15, 0.2) is 0 Å². The van der Waals surface area contributed by atoms with Crippen LogP contribution in [0.1, 0.15) is 26.2 Å². The molecule has 0 atom stereocenters. The minimum absolute atomic E-state index is 0.144. The molecule has 0 radical (unpaired) electrons. The van der Waals surface area contributed by atoms with Crippen molar-refractivity contribution >= 4 is 23.1 Å². The molecule has 0 aliphatic carbocycles. The number of carbonyl (C=O) groups is 1. The molecule has 1 amide bonds. The molecule has 0 rings (SSSR count). The Hall–Kier alpha value is -0.680. The van der Waals surface area contributed by atoms with E-state index in [-0.39, 0.29) is 5.91 Å². The van der Waals surface area contributed by atoms with Gasteiger partial charge in [0, 0.05) is 39.6 Å². The van der Waals surface area contributed by atoms with Crippen molar-refractivity contribution in [2.24, 2.45) is 5.73 Å². The fraction of sp³-hybridized carbons (Fsp3) is 0.800. The number of rotatable bonds is 8. The van der Waals surface area contributed by atoms with Crippen molar-refractivity contribution in [3.63, 3.8) is 0 Å². The zero-order chi connectivity index (χ0) is 11.7. The molecule has 0 spiro atoms. The largest absolute Gasteiger partial charge is 0.393 e. The number of thiocarbonyl (C=S) groups is 1. The lowest BCUT2D eigenvalue weighted by atomic mass is 10.2. The van der Waals surface area contributed by atoms with Crippen LogP contribution >= 0.6 is 12.2 Å². The molecule has 4 nitrogen and oxygen atoms in total. The number of ether oxygens (including phenoxy) is 1. The highest BCUT2D eigenvalue weighted by molar-refractivity contribution is 7.80. The lowest BCUT2D eigenvalue weighted by Crippen LogP contribution is -2.33. The van der Waals surface area contributed by atoms with Gasteiger partial charge in [-0.1, -0.05) is 12.2 Å². The third kappa shape index (κ3) is 7.27. The van der Waals surface area contributed by atoms with Crippen LogP contribution in [0, 0.1) is 0 Å². The van der Waals surface area contributed by atoms with Crippen LogP contribution in [0.2, 0.25) is 0 Å². The molecule has 0 bridgehead atoms. The molecule has 0 heterocycles. The van der Waals surface area contributed by atoms with Crippen molar-refractivity contribution in [3.05, 3.63) is 0 Å². The maximum absolute atomic E-state index is 11.6. The van der Waals surface area contributed by atoms with Gasteiger partial charge in [-0.25, -0.2) is 0 Å². The second-order valence-electron chi connectivity index (χ2n) is 3.29. The van der Waals surface area contributed by atoms with E-state index in [1.54, 1.807) is 12.0 Å². The predicted octanol–water partition coefficient (Wildman–Crippen LogP) is 0.938. The van der Waals surface area contributed by atoms with Crippen molar-refractivity contribution < 1.29 is 9.53 Å². The normalized spacial score (nSPS) is 10.0. The molecule has 0 saturated carbocycles. The minimum Gasteiger partial charge on any atom is -0.393 e. The van der Waals surface area contributed by atoms with E-state index in [1.807, 2.05) is 6.92 Å². The average molecular weight is 232 g/mol.